The van der Waals surface area contributed by atoms with E-state index in [4.69, 9.17) is 23.2 Å². The first-order valence-corrected chi connectivity index (χ1v) is 12.8. The number of hydrogen-bond acceptors (Lipinski definition) is 3. The van der Waals surface area contributed by atoms with Gasteiger partial charge in [0.15, 0.2) is 0 Å². The van der Waals surface area contributed by atoms with Crippen molar-refractivity contribution in [1.82, 2.24) is 9.62 Å². The number of hydrogen-bond donors (Lipinski definition) is 1. The number of aryl methyl sites for hydroxylation is 1. The molecule has 1 aliphatic heterocycles. The molecular formula is C25H24Cl2N2O3S. The molecule has 1 N–H and O–H groups in total. The Labute approximate surface area is 204 Å². The highest BCUT2D eigenvalue weighted by Gasteiger charge is 2.39. The topological polar surface area (TPSA) is 66.5 Å². The highest BCUT2D eigenvalue weighted by atomic mass is 35.5. The monoisotopic (exact) mass is 502 g/mol. The van der Waals surface area contributed by atoms with Crippen LogP contribution in [0.3, 0.4) is 0 Å². The van der Waals surface area contributed by atoms with Gasteiger partial charge >= 0.3 is 0 Å². The van der Waals surface area contributed by atoms with Crippen LogP contribution in [0.4, 0.5) is 0 Å². The van der Waals surface area contributed by atoms with Crippen LogP contribution < -0.4 is 5.32 Å². The molecule has 0 unspecified atom stereocenters. The average Bonchev–Trinajstić information content (AvgIpc) is 2.80. The predicted octanol–water partition coefficient (Wildman–Crippen LogP) is 4.78. The quantitative estimate of drug-likeness (QED) is 0.527. The van der Waals surface area contributed by atoms with E-state index in [9.17, 15) is 13.2 Å². The van der Waals surface area contributed by atoms with E-state index < -0.39 is 16.1 Å². The number of benzene rings is 3. The zero-order valence-corrected chi connectivity index (χ0v) is 20.4. The summed E-state index contributed by atoms with van der Waals surface area (Å²) in [5, 5.41) is 3.98. The highest BCUT2D eigenvalue weighted by molar-refractivity contribution is 7.89. The summed E-state index contributed by atoms with van der Waals surface area (Å²) < 4.78 is 28.3. The van der Waals surface area contributed by atoms with E-state index in [-0.39, 0.29) is 17.3 Å². The molecule has 33 heavy (non-hydrogen) atoms. The number of amides is 1. The van der Waals surface area contributed by atoms with Crippen molar-refractivity contribution in [2.24, 2.45) is 0 Å². The van der Waals surface area contributed by atoms with E-state index in [1.807, 2.05) is 37.3 Å². The molecule has 1 atom stereocenters. The van der Waals surface area contributed by atoms with Gasteiger partial charge in [-0.1, -0.05) is 71.2 Å². The Kier molecular flexibility index (Phi) is 7.10. The molecule has 3 aromatic rings. The van der Waals surface area contributed by atoms with E-state index in [2.05, 4.69) is 5.32 Å². The molecule has 4 rings (SSSR count). The Hall–Kier alpha value is -2.38. The Morgan fingerprint density at radius 1 is 1.03 bits per heavy atom. The van der Waals surface area contributed by atoms with Gasteiger partial charge in [0.2, 0.25) is 15.9 Å². The van der Waals surface area contributed by atoms with Gasteiger partial charge in [0.25, 0.3) is 0 Å². The summed E-state index contributed by atoms with van der Waals surface area (Å²) in [5.74, 6) is -0.328. The maximum Gasteiger partial charge on any atom is 0.244 e. The number of sulfonamides is 1. The number of carbonyl (C=O) groups is 1. The maximum absolute atomic E-state index is 13.5. The molecule has 0 fully saturated rings. The summed E-state index contributed by atoms with van der Waals surface area (Å²) in [7, 11) is -3.87. The molecular weight excluding hydrogens is 479 g/mol. The summed E-state index contributed by atoms with van der Waals surface area (Å²) >= 11 is 12.2. The van der Waals surface area contributed by atoms with Crippen molar-refractivity contribution in [2.45, 2.75) is 37.2 Å². The minimum absolute atomic E-state index is 0.146. The fourth-order valence-corrected chi connectivity index (χ4v) is 6.05. The molecule has 0 aliphatic carbocycles. The second-order valence-corrected chi connectivity index (χ2v) is 10.9. The zero-order chi connectivity index (χ0) is 23.6. The average molecular weight is 503 g/mol. The van der Waals surface area contributed by atoms with E-state index in [0.29, 0.717) is 29.4 Å². The van der Waals surface area contributed by atoms with E-state index in [1.54, 1.807) is 36.4 Å². The van der Waals surface area contributed by atoms with Crippen LogP contribution in [0, 0.1) is 6.92 Å². The van der Waals surface area contributed by atoms with Gasteiger partial charge in [-0.25, -0.2) is 8.42 Å². The smallest absolute Gasteiger partial charge is 0.244 e. The van der Waals surface area contributed by atoms with Gasteiger partial charge in [-0.15, -0.1) is 0 Å². The third-order valence-corrected chi connectivity index (χ3v) is 8.30. The summed E-state index contributed by atoms with van der Waals surface area (Å²) in [6.45, 7) is 2.38. The fourth-order valence-electron chi connectivity index (χ4n) is 3.98. The van der Waals surface area contributed by atoms with Gasteiger partial charge < -0.3 is 5.32 Å². The Balaban J connectivity index is 1.56. The van der Waals surface area contributed by atoms with Crippen molar-refractivity contribution in [1.29, 1.82) is 0 Å². The molecule has 0 bridgehead atoms. The molecule has 0 spiro atoms. The molecule has 1 amide bonds. The number of rotatable bonds is 6. The maximum atomic E-state index is 13.5. The highest BCUT2D eigenvalue weighted by Crippen LogP contribution is 2.29. The number of nitrogens with one attached hydrogen (secondary N) is 1. The predicted molar refractivity (Wildman–Crippen MR) is 131 cm³/mol. The second kappa shape index (κ2) is 9.85. The molecule has 1 aliphatic rings. The largest absolute Gasteiger partial charge is 0.354 e. The van der Waals surface area contributed by atoms with Gasteiger partial charge in [-0.05, 0) is 60.7 Å². The van der Waals surface area contributed by atoms with Crippen molar-refractivity contribution in [3.63, 3.8) is 0 Å². The van der Waals surface area contributed by atoms with E-state index in [1.165, 1.54) is 4.31 Å². The van der Waals surface area contributed by atoms with Crippen LogP contribution >= 0.6 is 23.2 Å². The molecule has 0 saturated heterocycles. The molecule has 8 heteroatoms. The molecule has 172 valence electrons. The van der Waals surface area contributed by atoms with Crippen molar-refractivity contribution >= 4 is 39.1 Å². The lowest BCUT2D eigenvalue weighted by Gasteiger charge is -2.35. The zero-order valence-electron chi connectivity index (χ0n) is 18.1. The SMILES string of the molecule is Cc1ccc(S(=O)(=O)N2Cc3ccccc3C[C@H]2C(=O)NCCc2ccc(Cl)cc2Cl)cc1. The summed E-state index contributed by atoms with van der Waals surface area (Å²) in [5.41, 5.74) is 3.71. The van der Waals surface area contributed by atoms with Crippen LogP contribution in [0.25, 0.3) is 0 Å². The Bertz CT molecular complexity index is 1280. The molecule has 1 heterocycles. The van der Waals surface area contributed by atoms with Crippen LogP contribution in [0.5, 0.6) is 0 Å². The van der Waals surface area contributed by atoms with Crippen LogP contribution in [0.15, 0.2) is 71.6 Å². The van der Waals surface area contributed by atoms with Crippen LogP contribution in [0.2, 0.25) is 10.0 Å². The van der Waals surface area contributed by atoms with Crippen LogP contribution in [0.1, 0.15) is 22.3 Å². The molecule has 0 radical (unpaired) electrons. The van der Waals surface area contributed by atoms with Gasteiger partial charge in [0.1, 0.15) is 6.04 Å². The van der Waals surface area contributed by atoms with E-state index in [0.717, 1.165) is 22.3 Å². The lowest BCUT2D eigenvalue weighted by Crippen LogP contribution is -2.52. The Morgan fingerprint density at radius 3 is 2.42 bits per heavy atom. The Morgan fingerprint density at radius 2 is 1.73 bits per heavy atom. The first-order chi connectivity index (χ1) is 15.8. The van der Waals surface area contributed by atoms with Crippen molar-refractivity contribution < 1.29 is 13.2 Å². The minimum Gasteiger partial charge on any atom is -0.354 e. The standard InChI is InChI=1S/C25H24Cl2N2O3S/c1-17-6-10-22(11-7-17)33(31,32)29-16-20-5-3-2-4-19(20)14-24(29)25(30)28-13-12-18-8-9-21(26)15-23(18)27/h2-11,15,24H,12-14,16H2,1H3,(H,28,30)/t24-/m0/s1. The summed E-state index contributed by atoms with van der Waals surface area (Å²) in [4.78, 5) is 13.4. The first kappa shape index (κ1) is 23.8. The number of halogens is 2. The number of fused-ring (bicyclic) bond motifs is 1. The van der Waals surface area contributed by atoms with Crippen molar-refractivity contribution in [3.8, 4) is 0 Å². The van der Waals surface area contributed by atoms with Crippen molar-refractivity contribution in [3.05, 3.63) is 99.0 Å². The fraction of sp³-hybridized carbons (Fsp3) is 0.240. The first-order valence-electron chi connectivity index (χ1n) is 10.6. The lowest BCUT2D eigenvalue weighted by molar-refractivity contribution is -0.125. The summed E-state index contributed by atoms with van der Waals surface area (Å²) in [6.07, 6.45) is 0.824. The molecule has 3 aromatic carbocycles. The van der Waals surface area contributed by atoms with Gasteiger partial charge in [0.05, 0.1) is 4.90 Å². The number of nitrogens with zero attached hydrogens (tertiary/aromatic N) is 1. The van der Waals surface area contributed by atoms with Crippen molar-refractivity contribution in [2.75, 3.05) is 6.54 Å². The summed E-state index contributed by atoms with van der Waals surface area (Å²) in [6, 6.07) is 18.7. The van der Waals surface area contributed by atoms with Crippen LogP contribution in [-0.2, 0) is 34.2 Å². The van der Waals surface area contributed by atoms with Gasteiger partial charge in [-0.3, -0.25) is 4.79 Å². The third-order valence-electron chi connectivity index (χ3n) is 5.84. The normalized spacial score (nSPS) is 16.3. The lowest BCUT2D eigenvalue weighted by atomic mass is 9.95. The van der Waals surface area contributed by atoms with Crippen LogP contribution in [-0.4, -0.2) is 31.2 Å². The van der Waals surface area contributed by atoms with E-state index >= 15 is 0 Å². The third kappa shape index (κ3) is 5.25. The van der Waals surface area contributed by atoms with Gasteiger partial charge in [0, 0.05) is 23.1 Å². The second-order valence-electron chi connectivity index (χ2n) is 8.13. The number of carbonyl (C=O) groups excluding carboxylic acids is 1. The van der Waals surface area contributed by atoms with Gasteiger partial charge in [-0.2, -0.15) is 4.31 Å². The molecule has 0 saturated carbocycles. The minimum atomic E-state index is -3.87. The molecule has 0 aromatic heterocycles. The molecule has 5 nitrogen and oxygen atoms in total.